The summed E-state index contributed by atoms with van der Waals surface area (Å²) in [7, 11) is 0. The molecule has 0 amide bonds. The number of hydrogen-bond acceptors (Lipinski definition) is 5. The molecule has 1 atom stereocenters. The van der Waals surface area contributed by atoms with E-state index in [9.17, 15) is 4.79 Å². The maximum absolute atomic E-state index is 11.9. The van der Waals surface area contributed by atoms with Gasteiger partial charge in [-0.05, 0) is 45.2 Å². The molecule has 0 aromatic carbocycles. The van der Waals surface area contributed by atoms with Gasteiger partial charge in [-0.25, -0.2) is 9.78 Å². The first-order valence-electron chi connectivity index (χ1n) is 7.24. The highest BCUT2D eigenvalue weighted by Crippen LogP contribution is 2.18. The summed E-state index contributed by atoms with van der Waals surface area (Å²) in [4.78, 5) is 18.5. The normalized spacial score (nSPS) is 19.8. The molecule has 1 saturated heterocycles. The number of rotatable bonds is 3. The van der Waals surface area contributed by atoms with Gasteiger partial charge < -0.3 is 15.4 Å². The van der Waals surface area contributed by atoms with Crippen LogP contribution in [0.1, 0.15) is 43.5 Å². The van der Waals surface area contributed by atoms with Crippen LogP contribution in [0.2, 0.25) is 0 Å². The van der Waals surface area contributed by atoms with Gasteiger partial charge in [0.15, 0.2) is 0 Å². The minimum Gasteiger partial charge on any atom is -0.459 e. The number of nitrogens with two attached hydrogens (primary N) is 1. The standard InChI is InChI=1S/C15H23N3O2/c1-11(2)20-15(19)12-5-7-17-14(10-12)18-8-3-4-13(16)6-9-18/h5,7,10-11,13H,3-4,6,8-9,16H2,1-2H3. The van der Waals surface area contributed by atoms with Crippen molar-refractivity contribution >= 4 is 11.8 Å². The average molecular weight is 277 g/mol. The summed E-state index contributed by atoms with van der Waals surface area (Å²) in [6.45, 7) is 5.51. The highest BCUT2D eigenvalue weighted by atomic mass is 16.5. The maximum atomic E-state index is 11.9. The van der Waals surface area contributed by atoms with E-state index in [1.54, 1.807) is 12.3 Å². The van der Waals surface area contributed by atoms with Gasteiger partial charge in [0.05, 0.1) is 11.7 Å². The Morgan fingerprint density at radius 1 is 1.45 bits per heavy atom. The molecule has 0 aliphatic carbocycles. The largest absolute Gasteiger partial charge is 0.459 e. The summed E-state index contributed by atoms with van der Waals surface area (Å²) < 4.78 is 5.22. The number of nitrogens with zero attached hydrogens (tertiary/aromatic N) is 2. The van der Waals surface area contributed by atoms with Crippen molar-refractivity contribution in [1.82, 2.24) is 4.98 Å². The van der Waals surface area contributed by atoms with Crippen molar-refractivity contribution in [2.75, 3.05) is 18.0 Å². The van der Waals surface area contributed by atoms with Crippen LogP contribution in [0.15, 0.2) is 18.3 Å². The van der Waals surface area contributed by atoms with Gasteiger partial charge >= 0.3 is 5.97 Å². The third-order valence-electron chi connectivity index (χ3n) is 3.42. The van der Waals surface area contributed by atoms with E-state index in [4.69, 9.17) is 10.5 Å². The second kappa shape index (κ2) is 6.70. The van der Waals surface area contributed by atoms with Crippen molar-refractivity contribution in [3.63, 3.8) is 0 Å². The lowest BCUT2D eigenvalue weighted by Crippen LogP contribution is -2.27. The first-order valence-corrected chi connectivity index (χ1v) is 7.24. The minimum absolute atomic E-state index is 0.115. The Balaban J connectivity index is 2.10. The molecule has 0 saturated carbocycles. The summed E-state index contributed by atoms with van der Waals surface area (Å²) in [6, 6.07) is 3.77. The zero-order valence-corrected chi connectivity index (χ0v) is 12.2. The fraction of sp³-hybridized carbons (Fsp3) is 0.600. The number of carbonyl (C=O) groups is 1. The molecule has 1 aromatic rings. The van der Waals surface area contributed by atoms with Crippen molar-refractivity contribution in [3.05, 3.63) is 23.9 Å². The predicted molar refractivity (Wildman–Crippen MR) is 78.8 cm³/mol. The van der Waals surface area contributed by atoms with E-state index >= 15 is 0 Å². The Morgan fingerprint density at radius 2 is 2.25 bits per heavy atom. The van der Waals surface area contributed by atoms with E-state index in [0.29, 0.717) is 5.56 Å². The first kappa shape index (κ1) is 14.8. The Morgan fingerprint density at radius 3 is 3.00 bits per heavy atom. The third kappa shape index (κ3) is 3.93. The maximum Gasteiger partial charge on any atom is 0.338 e. The summed E-state index contributed by atoms with van der Waals surface area (Å²) in [6.07, 6.45) is 4.62. The molecular formula is C15H23N3O2. The zero-order valence-electron chi connectivity index (χ0n) is 12.2. The second-order valence-electron chi connectivity index (χ2n) is 5.53. The van der Waals surface area contributed by atoms with Crippen molar-refractivity contribution < 1.29 is 9.53 Å². The number of hydrogen-bond donors (Lipinski definition) is 1. The zero-order chi connectivity index (χ0) is 14.5. The van der Waals surface area contributed by atoms with Gasteiger partial charge in [0, 0.05) is 25.3 Å². The second-order valence-corrected chi connectivity index (χ2v) is 5.53. The molecule has 1 aromatic heterocycles. The highest BCUT2D eigenvalue weighted by molar-refractivity contribution is 5.90. The van der Waals surface area contributed by atoms with Crippen LogP contribution < -0.4 is 10.6 Å². The number of anilines is 1. The van der Waals surface area contributed by atoms with Crippen molar-refractivity contribution in [3.8, 4) is 0 Å². The van der Waals surface area contributed by atoms with E-state index in [2.05, 4.69) is 9.88 Å². The van der Waals surface area contributed by atoms with E-state index < -0.39 is 0 Å². The van der Waals surface area contributed by atoms with Crippen LogP contribution in [0, 0.1) is 0 Å². The van der Waals surface area contributed by atoms with Crippen LogP contribution in [0.4, 0.5) is 5.82 Å². The molecule has 110 valence electrons. The summed E-state index contributed by atoms with van der Waals surface area (Å²) in [5, 5.41) is 0. The van der Waals surface area contributed by atoms with Gasteiger partial charge in [0.1, 0.15) is 5.82 Å². The van der Waals surface area contributed by atoms with E-state index in [0.717, 1.165) is 38.2 Å². The summed E-state index contributed by atoms with van der Waals surface area (Å²) in [5.41, 5.74) is 6.54. The lowest BCUT2D eigenvalue weighted by molar-refractivity contribution is 0.0378. The number of esters is 1. The van der Waals surface area contributed by atoms with Gasteiger partial charge in [0.25, 0.3) is 0 Å². The molecule has 2 N–H and O–H groups in total. The van der Waals surface area contributed by atoms with Crippen molar-refractivity contribution in [2.45, 2.75) is 45.3 Å². The molecule has 1 fully saturated rings. The van der Waals surface area contributed by atoms with Crippen LogP contribution in [0.25, 0.3) is 0 Å². The van der Waals surface area contributed by atoms with Gasteiger partial charge in [-0.3, -0.25) is 0 Å². The molecule has 2 rings (SSSR count). The topological polar surface area (TPSA) is 68.5 Å². The summed E-state index contributed by atoms with van der Waals surface area (Å²) in [5.74, 6) is 0.535. The predicted octanol–water partition coefficient (Wildman–Crippen LogP) is 1.96. The fourth-order valence-corrected chi connectivity index (χ4v) is 2.35. The van der Waals surface area contributed by atoms with Crippen molar-refractivity contribution in [2.24, 2.45) is 5.73 Å². The van der Waals surface area contributed by atoms with Crippen LogP contribution in [0.5, 0.6) is 0 Å². The van der Waals surface area contributed by atoms with Gasteiger partial charge in [0.2, 0.25) is 0 Å². The Kier molecular flexibility index (Phi) is 4.95. The number of aromatic nitrogens is 1. The quantitative estimate of drug-likeness (QED) is 0.855. The molecule has 0 radical (unpaired) electrons. The van der Waals surface area contributed by atoms with Crippen LogP contribution in [-0.4, -0.2) is 36.2 Å². The monoisotopic (exact) mass is 277 g/mol. The van der Waals surface area contributed by atoms with Crippen molar-refractivity contribution in [1.29, 1.82) is 0 Å². The Hall–Kier alpha value is -1.62. The minimum atomic E-state index is -0.296. The lowest BCUT2D eigenvalue weighted by Gasteiger charge is -2.21. The molecule has 5 heteroatoms. The van der Waals surface area contributed by atoms with Gasteiger partial charge in [-0.1, -0.05) is 0 Å². The molecule has 1 aliphatic rings. The van der Waals surface area contributed by atoms with E-state index in [1.807, 2.05) is 19.9 Å². The molecular weight excluding hydrogens is 254 g/mol. The lowest BCUT2D eigenvalue weighted by atomic mass is 10.1. The van der Waals surface area contributed by atoms with Gasteiger partial charge in [-0.15, -0.1) is 0 Å². The molecule has 2 heterocycles. The first-order chi connectivity index (χ1) is 9.56. The number of ether oxygens (including phenoxy) is 1. The highest BCUT2D eigenvalue weighted by Gasteiger charge is 2.17. The summed E-state index contributed by atoms with van der Waals surface area (Å²) >= 11 is 0. The SMILES string of the molecule is CC(C)OC(=O)c1ccnc(N2CCCC(N)CC2)c1. The fourth-order valence-electron chi connectivity index (χ4n) is 2.35. The average Bonchev–Trinajstić information content (AvgIpc) is 2.63. The van der Waals surface area contributed by atoms with E-state index in [1.165, 1.54) is 0 Å². The third-order valence-corrected chi connectivity index (χ3v) is 3.42. The number of pyridine rings is 1. The molecule has 1 unspecified atom stereocenters. The molecule has 0 bridgehead atoms. The molecule has 1 aliphatic heterocycles. The van der Waals surface area contributed by atoms with Crippen LogP contribution in [0.3, 0.4) is 0 Å². The van der Waals surface area contributed by atoms with E-state index in [-0.39, 0.29) is 18.1 Å². The molecule has 20 heavy (non-hydrogen) atoms. The van der Waals surface area contributed by atoms with Crippen LogP contribution in [-0.2, 0) is 4.74 Å². The Bertz CT molecular complexity index is 462. The molecule has 5 nitrogen and oxygen atoms in total. The number of carbonyl (C=O) groups excluding carboxylic acids is 1. The molecule has 0 spiro atoms. The smallest absolute Gasteiger partial charge is 0.338 e. The van der Waals surface area contributed by atoms with Crippen LogP contribution >= 0.6 is 0 Å². The Labute approximate surface area is 120 Å². The van der Waals surface area contributed by atoms with Gasteiger partial charge in [-0.2, -0.15) is 0 Å².